The number of aromatic nitrogens is 2. The van der Waals surface area contributed by atoms with Crippen molar-refractivity contribution in [3.8, 4) is 0 Å². The number of pyridine rings is 2. The molecule has 2 aromatic heterocycles. The lowest BCUT2D eigenvalue weighted by atomic mass is 10.1. The number of hydrogen-bond donors (Lipinski definition) is 0. The average molecular weight is 508 g/mol. The van der Waals surface area contributed by atoms with Gasteiger partial charge in [0, 0.05) is 75.0 Å². The highest BCUT2D eigenvalue weighted by atomic mass is 79.9. The number of nitrogens with zero attached hydrogens (tertiary/aromatic N) is 4. The molecule has 0 aliphatic carbocycles. The number of hydrogen-bond acceptors (Lipinski definition) is 2. The van der Waals surface area contributed by atoms with Gasteiger partial charge in [-0.3, -0.25) is 0 Å². The topological polar surface area (TPSA) is 14.2 Å². The van der Waals surface area contributed by atoms with Gasteiger partial charge in [0.25, 0.3) is 0 Å². The second kappa shape index (κ2) is 11.2. The summed E-state index contributed by atoms with van der Waals surface area (Å²) in [7, 11) is 8.24. The molecule has 3 aromatic rings. The molecule has 6 heteroatoms. The SMILES string of the molecule is CN(C)c1cc[n+](Cc2ccc(C[n+]3ccc(N(C)C)cc3)cc2)cc1.[Br-].[Br-]. The van der Waals surface area contributed by atoms with E-state index in [0.29, 0.717) is 0 Å². The molecule has 0 spiro atoms. The van der Waals surface area contributed by atoms with Crippen LogP contribution >= 0.6 is 0 Å². The van der Waals surface area contributed by atoms with Crippen LogP contribution in [-0.4, -0.2) is 28.2 Å². The van der Waals surface area contributed by atoms with Gasteiger partial charge in [-0.25, -0.2) is 9.13 Å². The molecule has 0 amide bonds. The number of benzene rings is 1. The first kappa shape index (κ1) is 24.1. The molecule has 0 fully saturated rings. The summed E-state index contributed by atoms with van der Waals surface area (Å²) in [5, 5.41) is 0. The first-order chi connectivity index (χ1) is 12.5. The van der Waals surface area contributed by atoms with Gasteiger partial charge in [-0.15, -0.1) is 0 Å². The molecule has 0 aliphatic heterocycles. The summed E-state index contributed by atoms with van der Waals surface area (Å²) < 4.78 is 4.41. The molecular weight excluding hydrogens is 480 g/mol. The highest BCUT2D eigenvalue weighted by molar-refractivity contribution is 5.42. The zero-order valence-electron chi connectivity index (χ0n) is 16.9. The second-order valence-corrected chi connectivity index (χ2v) is 7.06. The molecule has 2 heterocycles. The van der Waals surface area contributed by atoms with Crippen molar-refractivity contribution >= 4 is 11.4 Å². The third-order valence-electron chi connectivity index (χ3n) is 4.53. The third kappa shape index (κ3) is 6.60. The van der Waals surface area contributed by atoms with Crippen LogP contribution in [0.4, 0.5) is 11.4 Å². The maximum atomic E-state index is 2.22. The van der Waals surface area contributed by atoms with E-state index in [1.165, 1.54) is 22.5 Å². The van der Waals surface area contributed by atoms with Gasteiger partial charge in [0.15, 0.2) is 37.9 Å². The molecule has 150 valence electrons. The van der Waals surface area contributed by atoms with E-state index < -0.39 is 0 Å². The van der Waals surface area contributed by atoms with E-state index in [4.69, 9.17) is 0 Å². The Labute approximate surface area is 189 Å². The van der Waals surface area contributed by atoms with E-state index in [0.717, 1.165) is 13.1 Å². The molecule has 0 aliphatic rings. The first-order valence-corrected chi connectivity index (χ1v) is 8.92. The fourth-order valence-electron chi connectivity index (χ4n) is 2.88. The van der Waals surface area contributed by atoms with Gasteiger partial charge < -0.3 is 43.8 Å². The zero-order valence-corrected chi connectivity index (χ0v) is 20.1. The van der Waals surface area contributed by atoms with Gasteiger partial charge in [0.05, 0.1) is 0 Å². The Morgan fingerprint density at radius 3 is 1.07 bits per heavy atom. The Morgan fingerprint density at radius 2 is 0.821 bits per heavy atom. The summed E-state index contributed by atoms with van der Waals surface area (Å²) in [6, 6.07) is 17.4. The molecule has 0 saturated carbocycles. The Morgan fingerprint density at radius 1 is 0.536 bits per heavy atom. The van der Waals surface area contributed by atoms with Crippen molar-refractivity contribution in [2.24, 2.45) is 0 Å². The largest absolute Gasteiger partial charge is 1.00 e. The lowest BCUT2D eigenvalue weighted by Crippen LogP contribution is -3.00. The highest BCUT2D eigenvalue weighted by Gasteiger charge is 2.07. The summed E-state index contributed by atoms with van der Waals surface area (Å²) in [5.41, 5.74) is 5.05. The van der Waals surface area contributed by atoms with Crippen molar-refractivity contribution in [3.63, 3.8) is 0 Å². The summed E-state index contributed by atoms with van der Waals surface area (Å²) in [6.45, 7) is 1.78. The van der Waals surface area contributed by atoms with E-state index in [1.54, 1.807) is 0 Å². The maximum absolute atomic E-state index is 2.22. The van der Waals surface area contributed by atoms with Crippen LogP contribution in [0.2, 0.25) is 0 Å². The van der Waals surface area contributed by atoms with Crippen molar-refractivity contribution < 1.29 is 43.1 Å². The summed E-state index contributed by atoms with van der Waals surface area (Å²) >= 11 is 0. The quantitative estimate of drug-likeness (QED) is 0.321. The van der Waals surface area contributed by atoms with E-state index >= 15 is 0 Å². The van der Waals surface area contributed by atoms with Crippen LogP contribution in [0.25, 0.3) is 0 Å². The van der Waals surface area contributed by atoms with E-state index in [9.17, 15) is 0 Å². The molecule has 0 unspecified atom stereocenters. The number of rotatable bonds is 6. The average Bonchev–Trinajstić information content (AvgIpc) is 2.64. The molecule has 28 heavy (non-hydrogen) atoms. The van der Waals surface area contributed by atoms with Crippen molar-refractivity contribution in [2.75, 3.05) is 38.0 Å². The van der Waals surface area contributed by atoms with Gasteiger partial charge in [-0.1, -0.05) is 24.3 Å². The molecule has 0 atom stereocenters. The first-order valence-electron chi connectivity index (χ1n) is 8.92. The van der Waals surface area contributed by atoms with Crippen molar-refractivity contribution in [1.82, 2.24) is 0 Å². The van der Waals surface area contributed by atoms with Crippen LogP contribution in [0.3, 0.4) is 0 Å². The maximum Gasteiger partial charge on any atom is 0.173 e. The molecular formula is C22H28Br2N4. The van der Waals surface area contributed by atoms with Crippen molar-refractivity contribution in [2.45, 2.75) is 13.1 Å². The van der Waals surface area contributed by atoms with Gasteiger partial charge in [0.1, 0.15) is 0 Å². The minimum Gasteiger partial charge on any atom is -1.00 e. The number of anilines is 2. The van der Waals surface area contributed by atoms with Crippen LogP contribution in [0, 0.1) is 0 Å². The standard InChI is InChI=1S/C22H28N4.2BrH/c1-23(2)21-9-13-25(14-10-21)17-19-5-7-20(8-6-19)18-26-15-11-22(12-16-26)24(3)4;;/h5-16H,17-18H2,1-4H3;2*1H/q+2;;/p-2. The van der Waals surface area contributed by atoms with Gasteiger partial charge in [0.2, 0.25) is 0 Å². The Hall–Kier alpha value is -1.92. The predicted molar refractivity (Wildman–Crippen MR) is 107 cm³/mol. The minimum absolute atomic E-state index is 0. The molecule has 0 saturated heterocycles. The van der Waals surface area contributed by atoms with Crippen molar-refractivity contribution in [3.05, 3.63) is 84.4 Å². The Kier molecular flexibility index (Phi) is 9.62. The predicted octanol–water partition coefficient (Wildman–Crippen LogP) is -3.50. The second-order valence-electron chi connectivity index (χ2n) is 7.06. The molecule has 0 N–H and O–H groups in total. The van der Waals surface area contributed by atoms with Gasteiger partial charge in [-0.2, -0.15) is 0 Å². The van der Waals surface area contributed by atoms with Crippen LogP contribution in [-0.2, 0) is 13.1 Å². The normalized spacial score (nSPS) is 9.86. The fourth-order valence-corrected chi connectivity index (χ4v) is 2.88. The van der Waals surface area contributed by atoms with Gasteiger partial charge in [-0.05, 0) is 0 Å². The van der Waals surface area contributed by atoms with Crippen LogP contribution < -0.4 is 52.9 Å². The molecule has 1 aromatic carbocycles. The Bertz CT molecular complexity index is 757. The smallest absolute Gasteiger partial charge is 0.173 e. The monoisotopic (exact) mass is 506 g/mol. The summed E-state index contributed by atoms with van der Waals surface area (Å²) in [6.07, 6.45) is 8.52. The Balaban J connectivity index is 0.00000196. The summed E-state index contributed by atoms with van der Waals surface area (Å²) in [5.74, 6) is 0. The van der Waals surface area contributed by atoms with Crippen LogP contribution in [0.5, 0.6) is 0 Å². The lowest BCUT2D eigenvalue weighted by Gasteiger charge is -2.10. The van der Waals surface area contributed by atoms with Gasteiger partial charge >= 0.3 is 0 Å². The molecule has 0 bridgehead atoms. The van der Waals surface area contributed by atoms with E-state index in [-0.39, 0.29) is 34.0 Å². The molecule has 0 radical (unpaired) electrons. The lowest BCUT2D eigenvalue weighted by molar-refractivity contribution is -0.688. The fraction of sp³-hybridized carbons (Fsp3) is 0.273. The van der Waals surface area contributed by atoms with Crippen LogP contribution in [0.15, 0.2) is 73.3 Å². The van der Waals surface area contributed by atoms with Crippen molar-refractivity contribution in [1.29, 1.82) is 0 Å². The molecule has 3 rings (SSSR count). The third-order valence-corrected chi connectivity index (χ3v) is 4.53. The molecule has 4 nitrogen and oxygen atoms in total. The van der Waals surface area contributed by atoms with Crippen LogP contribution in [0.1, 0.15) is 11.1 Å². The summed E-state index contributed by atoms with van der Waals surface area (Å²) in [4.78, 5) is 4.23. The van der Waals surface area contributed by atoms with E-state index in [2.05, 4.69) is 120 Å². The minimum atomic E-state index is 0. The highest BCUT2D eigenvalue weighted by Crippen LogP contribution is 2.09. The zero-order chi connectivity index (χ0) is 18.5. The van der Waals surface area contributed by atoms with E-state index in [1.807, 2.05) is 0 Å². The number of halogens is 2.